The molecule has 0 unspecified atom stereocenters. The number of rotatable bonds is 8. The van der Waals surface area contributed by atoms with Crippen molar-refractivity contribution in [3.05, 3.63) is 0 Å². The summed E-state index contributed by atoms with van der Waals surface area (Å²) in [5, 5.41) is 1.36. The number of ether oxygens (including phenoxy) is 2. The Morgan fingerprint density at radius 1 is 0.950 bits per heavy atom. The fourth-order valence-electron chi connectivity index (χ4n) is 4.58. The van der Waals surface area contributed by atoms with Crippen molar-refractivity contribution in [3.8, 4) is 0 Å². The zero-order chi connectivity index (χ0) is 29.8. The van der Waals surface area contributed by atoms with Crippen LogP contribution in [0.3, 0.4) is 0 Å². The van der Waals surface area contributed by atoms with E-state index in [2.05, 4.69) is 10.9 Å². The molecule has 3 aliphatic rings. The van der Waals surface area contributed by atoms with Gasteiger partial charge in [0.2, 0.25) is 0 Å². The summed E-state index contributed by atoms with van der Waals surface area (Å²) in [5.41, 5.74) is 3.27. The van der Waals surface area contributed by atoms with Gasteiger partial charge < -0.3 is 19.3 Å². The summed E-state index contributed by atoms with van der Waals surface area (Å²) < 4.78 is 10.8. The Hall–Kier alpha value is -3.29. The molecule has 0 radical (unpaired) electrons. The number of amides is 6. The number of hydrogen-bond donors (Lipinski definition) is 2. The Bertz CT molecular complexity index is 971. The Kier molecular flexibility index (Phi) is 9.75. The van der Waals surface area contributed by atoms with Crippen LogP contribution in [0.15, 0.2) is 0 Å². The lowest BCUT2D eigenvalue weighted by molar-refractivity contribution is -0.133. The molecule has 0 aromatic carbocycles. The molecule has 3 rings (SSSR count). The van der Waals surface area contributed by atoms with Crippen LogP contribution in [0.25, 0.3) is 0 Å². The van der Waals surface area contributed by atoms with Gasteiger partial charge in [-0.2, -0.15) is 5.06 Å². The van der Waals surface area contributed by atoms with E-state index in [1.54, 1.807) is 41.5 Å². The van der Waals surface area contributed by atoms with E-state index >= 15 is 0 Å². The molecular formula is C26H44N6O8. The molecular weight excluding hydrogens is 524 g/mol. The lowest BCUT2D eigenvalue weighted by Crippen LogP contribution is -2.65. The second-order valence-electron chi connectivity index (χ2n) is 12.4. The summed E-state index contributed by atoms with van der Waals surface area (Å²) >= 11 is 0. The number of hydrogen-bond acceptors (Lipinski definition) is 8. The van der Waals surface area contributed by atoms with Crippen molar-refractivity contribution >= 4 is 30.0 Å². The lowest BCUT2D eigenvalue weighted by Gasteiger charge is -2.45. The molecule has 14 nitrogen and oxygen atoms in total. The molecule has 6 amide bonds. The van der Waals surface area contributed by atoms with Gasteiger partial charge >= 0.3 is 18.2 Å². The molecule has 3 saturated heterocycles. The number of carbonyl (C=O) groups is 5. The third-order valence-corrected chi connectivity index (χ3v) is 6.58. The summed E-state index contributed by atoms with van der Waals surface area (Å²) in [6.45, 7) is 13.2. The first kappa shape index (κ1) is 31.2. The maximum atomic E-state index is 12.9. The van der Waals surface area contributed by atoms with Crippen LogP contribution >= 0.6 is 0 Å². The number of nitrogens with one attached hydrogen (secondary N) is 2. The Morgan fingerprint density at radius 2 is 1.60 bits per heavy atom. The number of unbranched alkanes of at least 4 members (excludes halogenated alkanes) is 1. The van der Waals surface area contributed by atoms with Gasteiger partial charge in [-0.25, -0.2) is 14.4 Å². The molecule has 3 heterocycles. The molecule has 0 aromatic heterocycles. The topological polar surface area (TPSA) is 150 Å². The summed E-state index contributed by atoms with van der Waals surface area (Å²) in [4.78, 5) is 73.5. The first-order valence-corrected chi connectivity index (χ1v) is 13.9. The summed E-state index contributed by atoms with van der Waals surface area (Å²) in [6, 6.07) is -1.69. The fraction of sp³-hybridized carbons (Fsp3) is 0.808. The van der Waals surface area contributed by atoms with E-state index in [0.717, 1.165) is 12.8 Å². The van der Waals surface area contributed by atoms with Crippen molar-refractivity contribution in [2.45, 2.75) is 103 Å². The summed E-state index contributed by atoms with van der Waals surface area (Å²) in [7, 11) is 0. The van der Waals surface area contributed by atoms with Crippen LogP contribution in [0.5, 0.6) is 0 Å². The van der Waals surface area contributed by atoms with Gasteiger partial charge in [-0.1, -0.05) is 13.3 Å². The minimum atomic E-state index is -0.802. The van der Waals surface area contributed by atoms with E-state index < -0.39 is 53.8 Å². The minimum Gasteiger partial charge on any atom is -0.444 e. The van der Waals surface area contributed by atoms with Gasteiger partial charge in [-0.05, 0) is 60.8 Å². The molecule has 2 bridgehead atoms. The normalized spacial score (nSPS) is 21.1. The fourth-order valence-corrected chi connectivity index (χ4v) is 4.58. The van der Waals surface area contributed by atoms with Crippen LogP contribution in [0.2, 0.25) is 0 Å². The number of hydrazine groups is 1. The highest BCUT2D eigenvalue weighted by molar-refractivity contribution is 5.90. The number of piperidine rings is 1. The second kappa shape index (κ2) is 12.5. The van der Waals surface area contributed by atoms with Gasteiger partial charge in [0.15, 0.2) is 0 Å². The van der Waals surface area contributed by atoms with Crippen molar-refractivity contribution in [3.63, 3.8) is 0 Å². The maximum Gasteiger partial charge on any atom is 0.411 e. The second-order valence-corrected chi connectivity index (χ2v) is 12.4. The van der Waals surface area contributed by atoms with Crippen molar-refractivity contribution in [1.82, 2.24) is 30.6 Å². The molecule has 226 valence electrons. The standard InChI is InChI=1S/C26H44N6O8/c1-8-9-12-38-32-17-10-11-19(31(15-17)22(32)35)21(34)28-27-20(33)16-30(24(37)40-26(5,6)7)18-13-29(14-18)23(36)39-25(2,3)4/h17-19H,8-16H2,1-7H3,(H,27,33)(H,28,34)/t17-,19-/m0/s1. The number of hydroxylamine groups is 2. The number of urea groups is 1. The van der Waals surface area contributed by atoms with E-state index in [9.17, 15) is 24.0 Å². The van der Waals surface area contributed by atoms with E-state index in [1.807, 2.05) is 6.92 Å². The summed E-state index contributed by atoms with van der Waals surface area (Å²) in [6.07, 6.45) is 1.57. The van der Waals surface area contributed by atoms with Gasteiger partial charge in [0.1, 0.15) is 23.8 Å². The van der Waals surface area contributed by atoms with Crippen molar-refractivity contribution in [1.29, 1.82) is 0 Å². The number of nitrogens with zero attached hydrogens (tertiary/aromatic N) is 4. The smallest absolute Gasteiger partial charge is 0.411 e. The first-order valence-electron chi connectivity index (χ1n) is 13.9. The Morgan fingerprint density at radius 3 is 2.20 bits per heavy atom. The largest absolute Gasteiger partial charge is 0.444 e. The molecule has 3 fully saturated rings. The zero-order valence-corrected chi connectivity index (χ0v) is 24.7. The Balaban J connectivity index is 1.54. The third-order valence-electron chi connectivity index (χ3n) is 6.58. The molecule has 3 aliphatic heterocycles. The highest BCUT2D eigenvalue weighted by Gasteiger charge is 2.48. The van der Waals surface area contributed by atoms with Crippen molar-refractivity contribution in [2.24, 2.45) is 0 Å². The van der Waals surface area contributed by atoms with E-state index in [1.165, 1.54) is 19.8 Å². The minimum absolute atomic E-state index is 0.104. The lowest BCUT2D eigenvalue weighted by atomic mass is 10.0. The quantitative estimate of drug-likeness (QED) is 0.333. The highest BCUT2D eigenvalue weighted by atomic mass is 16.7. The number of fused-ring (bicyclic) bond motifs is 2. The van der Waals surface area contributed by atoms with Crippen LogP contribution in [-0.4, -0.2) is 112 Å². The SMILES string of the molecule is CCCCON1C(=O)N2C[C@@H]1CC[C@H]2C(=O)NNC(=O)CN(C(=O)OC(C)(C)C)C1CN(C(=O)OC(C)(C)C)C1. The predicted octanol–water partition coefficient (Wildman–Crippen LogP) is 1.99. The Labute approximate surface area is 235 Å². The van der Waals surface area contributed by atoms with E-state index in [0.29, 0.717) is 26.0 Å². The molecule has 2 atom stereocenters. The number of carbonyl (C=O) groups excluding carboxylic acids is 5. The van der Waals surface area contributed by atoms with Crippen LogP contribution in [0.1, 0.15) is 74.1 Å². The summed E-state index contributed by atoms with van der Waals surface area (Å²) in [5.74, 6) is -1.18. The molecule has 2 N–H and O–H groups in total. The van der Waals surface area contributed by atoms with Gasteiger partial charge in [-0.3, -0.25) is 30.2 Å². The first-order chi connectivity index (χ1) is 18.6. The average Bonchev–Trinajstić information content (AvgIpc) is 3.03. The highest BCUT2D eigenvalue weighted by Crippen LogP contribution is 2.30. The van der Waals surface area contributed by atoms with Gasteiger partial charge in [0, 0.05) is 19.6 Å². The average molecular weight is 569 g/mol. The van der Waals surface area contributed by atoms with Gasteiger partial charge in [0.25, 0.3) is 11.8 Å². The monoisotopic (exact) mass is 568 g/mol. The zero-order valence-electron chi connectivity index (χ0n) is 24.7. The molecule has 14 heteroatoms. The van der Waals surface area contributed by atoms with Crippen LogP contribution in [-0.2, 0) is 23.9 Å². The molecule has 0 aliphatic carbocycles. The van der Waals surface area contributed by atoms with E-state index in [4.69, 9.17) is 14.3 Å². The van der Waals surface area contributed by atoms with Crippen molar-refractivity contribution < 1.29 is 38.3 Å². The van der Waals surface area contributed by atoms with Gasteiger partial charge in [-0.15, -0.1) is 0 Å². The van der Waals surface area contributed by atoms with Crippen LogP contribution in [0, 0.1) is 0 Å². The molecule has 0 saturated carbocycles. The predicted molar refractivity (Wildman–Crippen MR) is 142 cm³/mol. The van der Waals surface area contributed by atoms with Crippen molar-refractivity contribution in [2.75, 3.05) is 32.8 Å². The molecule has 0 aromatic rings. The number of likely N-dealkylation sites (tertiary alicyclic amines) is 1. The van der Waals surface area contributed by atoms with Crippen LogP contribution < -0.4 is 10.9 Å². The molecule has 40 heavy (non-hydrogen) atoms. The maximum absolute atomic E-state index is 12.9. The molecule has 0 spiro atoms. The van der Waals surface area contributed by atoms with E-state index in [-0.39, 0.29) is 25.2 Å². The van der Waals surface area contributed by atoms with Gasteiger partial charge in [0.05, 0.1) is 18.7 Å². The third kappa shape index (κ3) is 8.12. The van der Waals surface area contributed by atoms with Crippen LogP contribution in [0.4, 0.5) is 14.4 Å².